The summed E-state index contributed by atoms with van der Waals surface area (Å²) in [5.41, 5.74) is 0. The third-order valence-electron chi connectivity index (χ3n) is 4.65. The second-order valence-corrected chi connectivity index (χ2v) is 6.54. The third kappa shape index (κ3) is 4.02. The first-order valence-corrected chi connectivity index (χ1v) is 8.94. The molecule has 0 saturated carbocycles. The highest BCUT2D eigenvalue weighted by molar-refractivity contribution is 5.91. The average Bonchev–Trinajstić information content (AvgIpc) is 3.39. The van der Waals surface area contributed by atoms with E-state index in [2.05, 4.69) is 5.10 Å². The quantitative estimate of drug-likeness (QED) is 0.688. The zero-order valence-electron chi connectivity index (χ0n) is 14.8. The summed E-state index contributed by atoms with van der Waals surface area (Å²) >= 11 is 0. The summed E-state index contributed by atoms with van der Waals surface area (Å²) in [6.45, 7) is 1.50. The molecule has 0 N–H and O–H groups in total. The van der Waals surface area contributed by atoms with Crippen molar-refractivity contribution in [2.24, 2.45) is 0 Å². The molecule has 7 heteroatoms. The minimum atomic E-state index is -0.317. The Morgan fingerprint density at radius 1 is 1.26 bits per heavy atom. The van der Waals surface area contributed by atoms with Gasteiger partial charge in [0.1, 0.15) is 23.9 Å². The molecule has 1 aliphatic rings. The summed E-state index contributed by atoms with van der Waals surface area (Å²) in [7, 11) is 0. The molecule has 4 rings (SSSR count). The summed E-state index contributed by atoms with van der Waals surface area (Å²) < 4.78 is 26.0. The van der Waals surface area contributed by atoms with E-state index in [-0.39, 0.29) is 24.4 Å². The molecule has 1 atom stereocenters. The molecule has 140 valence electrons. The molecule has 0 spiro atoms. The number of rotatable bonds is 5. The van der Waals surface area contributed by atoms with E-state index < -0.39 is 0 Å². The van der Waals surface area contributed by atoms with Crippen molar-refractivity contribution in [2.45, 2.75) is 25.5 Å². The predicted molar refractivity (Wildman–Crippen MR) is 95.8 cm³/mol. The van der Waals surface area contributed by atoms with Gasteiger partial charge in [0.25, 0.3) is 5.91 Å². The fraction of sp³-hybridized carbons (Fsp3) is 0.300. The number of carbonyl (C=O) groups is 1. The highest BCUT2D eigenvalue weighted by Gasteiger charge is 2.27. The Morgan fingerprint density at radius 2 is 2.11 bits per heavy atom. The molecule has 1 amide bonds. The monoisotopic (exact) mass is 369 g/mol. The zero-order chi connectivity index (χ0) is 18.6. The van der Waals surface area contributed by atoms with Crippen LogP contribution in [-0.2, 0) is 6.61 Å². The number of carbonyl (C=O) groups excluding carboxylic acids is 1. The van der Waals surface area contributed by atoms with Gasteiger partial charge >= 0.3 is 0 Å². The van der Waals surface area contributed by atoms with E-state index in [0.717, 1.165) is 12.8 Å². The fourth-order valence-electron chi connectivity index (χ4n) is 3.26. The maximum atomic E-state index is 12.9. The topological polar surface area (TPSA) is 60.5 Å². The lowest BCUT2D eigenvalue weighted by Crippen LogP contribution is -2.40. The summed E-state index contributed by atoms with van der Waals surface area (Å²) in [6.07, 6.45) is 5.61. The minimum Gasteiger partial charge on any atom is -0.486 e. The largest absolute Gasteiger partial charge is 0.486 e. The fourth-order valence-corrected chi connectivity index (χ4v) is 3.26. The van der Waals surface area contributed by atoms with Crippen LogP contribution in [0.5, 0.6) is 5.75 Å². The number of piperidine rings is 1. The smallest absolute Gasteiger partial charge is 0.289 e. The number of halogens is 1. The van der Waals surface area contributed by atoms with E-state index in [0.29, 0.717) is 30.4 Å². The normalized spacial score (nSPS) is 17.1. The number of hydrogen-bond acceptors (Lipinski definition) is 4. The minimum absolute atomic E-state index is 0.125. The zero-order valence-corrected chi connectivity index (χ0v) is 14.8. The number of aromatic nitrogens is 2. The van der Waals surface area contributed by atoms with Gasteiger partial charge in [-0.25, -0.2) is 4.39 Å². The molecule has 6 nitrogen and oxygen atoms in total. The van der Waals surface area contributed by atoms with Crippen LogP contribution in [0, 0.1) is 5.82 Å². The first-order chi connectivity index (χ1) is 13.2. The Labute approximate surface area is 156 Å². The van der Waals surface area contributed by atoms with Gasteiger partial charge in [-0.1, -0.05) is 0 Å². The van der Waals surface area contributed by atoms with E-state index in [1.165, 1.54) is 12.1 Å². The van der Waals surface area contributed by atoms with Gasteiger partial charge in [-0.3, -0.25) is 9.48 Å². The van der Waals surface area contributed by atoms with E-state index in [9.17, 15) is 9.18 Å². The number of likely N-dealkylation sites (tertiary alicyclic amines) is 1. The SMILES string of the molecule is O=C(c1ccc(COc2ccc(F)cc2)o1)N1CCC[C@H](n2cccn2)C1. The van der Waals surface area contributed by atoms with Crippen molar-refractivity contribution >= 4 is 5.91 Å². The van der Waals surface area contributed by atoms with Crippen LogP contribution in [0.3, 0.4) is 0 Å². The molecule has 3 aromatic rings. The van der Waals surface area contributed by atoms with E-state index in [1.54, 1.807) is 35.4 Å². The van der Waals surface area contributed by atoms with Crippen molar-refractivity contribution in [1.82, 2.24) is 14.7 Å². The molecule has 0 radical (unpaired) electrons. The lowest BCUT2D eigenvalue weighted by Gasteiger charge is -2.32. The molecule has 2 aromatic heterocycles. The molecule has 27 heavy (non-hydrogen) atoms. The summed E-state index contributed by atoms with van der Waals surface area (Å²) in [5, 5.41) is 4.28. The van der Waals surface area contributed by atoms with Crippen molar-refractivity contribution < 1.29 is 18.3 Å². The predicted octanol–water partition coefficient (Wildman–Crippen LogP) is 3.67. The first kappa shape index (κ1) is 17.3. The van der Waals surface area contributed by atoms with Crippen LogP contribution in [-0.4, -0.2) is 33.7 Å². The van der Waals surface area contributed by atoms with Crippen LogP contribution in [0.25, 0.3) is 0 Å². The Kier molecular flexibility index (Phi) is 4.91. The van der Waals surface area contributed by atoms with Crippen molar-refractivity contribution in [3.8, 4) is 5.75 Å². The molecule has 0 aliphatic carbocycles. The molecule has 0 bridgehead atoms. The molecular weight excluding hydrogens is 349 g/mol. The lowest BCUT2D eigenvalue weighted by molar-refractivity contribution is 0.0637. The number of hydrogen-bond donors (Lipinski definition) is 0. The molecule has 1 aliphatic heterocycles. The molecular formula is C20H20FN3O3. The Hall–Kier alpha value is -3.09. The van der Waals surface area contributed by atoms with Crippen LogP contribution < -0.4 is 4.74 Å². The molecule has 3 heterocycles. The van der Waals surface area contributed by atoms with Crippen molar-refractivity contribution in [2.75, 3.05) is 13.1 Å². The van der Waals surface area contributed by atoms with Crippen LogP contribution in [0.2, 0.25) is 0 Å². The third-order valence-corrected chi connectivity index (χ3v) is 4.65. The van der Waals surface area contributed by atoms with Gasteiger partial charge in [0, 0.05) is 25.5 Å². The van der Waals surface area contributed by atoms with Gasteiger partial charge in [0.05, 0.1) is 6.04 Å². The second-order valence-electron chi connectivity index (χ2n) is 6.54. The van der Waals surface area contributed by atoms with Crippen LogP contribution in [0.15, 0.2) is 59.3 Å². The Bertz CT molecular complexity index is 890. The van der Waals surface area contributed by atoms with Gasteiger partial charge < -0.3 is 14.1 Å². The molecule has 1 saturated heterocycles. The van der Waals surface area contributed by atoms with Crippen molar-refractivity contribution in [3.05, 3.63) is 72.2 Å². The van der Waals surface area contributed by atoms with Crippen LogP contribution >= 0.6 is 0 Å². The molecule has 1 fully saturated rings. The van der Waals surface area contributed by atoms with E-state index in [1.807, 2.05) is 16.9 Å². The number of benzene rings is 1. The van der Waals surface area contributed by atoms with Crippen molar-refractivity contribution in [3.63, 3.8) is 0 Å². The van der Waals surface area contributed by atoms with Gasteiger partial charge in [-0.05, 0) is 55.3 Å². The van der Waals surface area contributed by atoms with Gasteiger partial charge in [-0.2, -0.15) is 5.10 Å². The number of furan rings is 1. The summed E-state index contributed by atoms with van der Waals surface area (Å²) in [6, 6.07) is 11.2. The van der Waals surface area contributed by atoms with Gasteiger partial charge in [0.15, 0.2) is 5.76 Å². The average molecular weight is 369 g/mol. The maximum Gasteiger partial charge on any atom is 0.289 e. The number of amides is 1. The highest BCUT2D eigenvalue weighted by atomic mass is 19.1. The summed E-state index contributed by atoms with van der Waals surface area (Å²) in [4.78, 5) is 14.6. The number of nitrogens with zero attached hydrogens (tertiary/aromatic N) is 3. The first-order valence-electron chi connectivity index (χ1n) is 8.94. The van der Waals surface area contributed by atoms with Gasteiger partial charge in [0.2, 0.25) is 0 Å². The summed E-state index contributed by atoms with van der Waals surface area (Å²) in [5.74, 6) is 0.943. The maximum absolute atomic E-state index is 12.9. The van der Waals surface area contributed by atoms with E-state index in [4.69, 9.17) is 9.15 Å². The Morgan fingerprint density at radius 3 is 2.89 bits per heavy atom. The van der Waals surface area contributed by atoms with Gasteiger partial charge in [-0.15, -0.1) is 0 Å². The standard InChI is InChI=1S/C20H20FN3O3/c21-15-4-6-17(7-5-15)26-14-18-8-9-19(27-18)20(25)23-11-1-3-16(13-23)24-12-2-10-22-24/h2,4-10,12,16H,1,3,11,13-14H2/t16-/m0/s1. The second kappa shape index (κ2) is 7.65. The molecule has 0 unspecified atom stereocenters. The van der Waals surface area contributed by atoms with E-state index >= 15 is 0 Å². The Balaban J connectivity index is 1.37. The van der Waals surface area contributed by atoms with Crippen LogP contribution in [0.1, 0.15) is 35.2 Å². The van der Waals surface area contributed by atoms with Crippen molar-refractivity contribution in [1.29, 1.82) is 0 Å². The number of ether oxygens (including phenoxy) is 1. The van der Waals surface area contributed by atoms with Crippen LogP contribution in [0.4, 0.5) is 4.39 Å². The molecule has 1 aromatic carbocycles. The highest BCUT2D eigenvalue weighted by Crippen LogP contribution is 2.23. The lowest BCUT2D eigenvalue weighted by atomic mass is 10.1.